The molecule has 0 aromatic rings. The van der Waals surface area contributed by atoms with Crippen molar-refractivity contribution in [2.75, 3.05) is 47.3 Å². The number of hydrogen-bond acceptors (Lipinski definition) is 32. The molecule has 10 fully saturated rings. The van der Waals surface area contributed by atoms with Crippen molar-refractivity contribution in [3.63, 3.8) is 0 Å². The van der Waals surface area contributed by atoms with Gasteiger partial charge in [0.25, 0.3) is 0 Å². The molecule has 37 atom stereocenters. The fourth-order valence-electron chi connectivity index (χ4n) is 19.0. The van der Waals surface area contributed by atoms with E-state index in [4.69, 9.17) is 71.1 Å². The number of cyclic esters (lactones) is 1. The Kier molecular flexibility index (Phi) is 23.5. The number of carbonyl (C=O) groups is 2. The minimum Gasteiger partial charge on any atom is -0.458 e. The summed E-state index contributed by atoms with van der Waals surface area (Å²) in [4.78, 5) is 29.1. The summed E-state index contributed by atoms with van der Waals surface area (Å²) in [7, 11) is 2.36. The molecule has 1 spiro atoms. The van der Waals surface area contributed by atoms with Gasteiger partial charge in [0, 0.05) is 20.6 Å². The molecule has 32 heteroatoms. The number of Topliss-reactive ketones (excluding diaryl/α,β-unsaturated/α-hetero) is 1. The zero-order valence-corrected chi connectivity index (χ0v) is 57.4. The second-order valence-corrected chi connectivity index (χ2v) is 30.6. The van der Waals surface area contributed by atoms with Crippen molar-refractivity contribution in [2.45, 2.75) is 296 Å². The van der Waals surface area contributed by atoms with Crippen LogP contribution in [0.15, 0.2) is 23.8 Å². The molecule has 11 aliphatic rings. The Bertz CT molecular complexity index is 2840. The highest BCUT2D eigenvalue weighted by Crippen LogP contribution is 2.75. The lowest BCUT2D eigenvalue weighted by molar-refractivity contribution is -0.397. The predicted molar refractivity (Wildman–Crippen MR) is 331 cm³/mol. The molecule has 0 aromatic carbocycles. The number of aliphatic hydroxyl groups excluding tert-OH is 15. The molecule has 0 aromatic heterocycles. The Morgan fingerprint density at radius 2 is 1.03 bits per heavy atom. The molecule has 32 nitrogen and oxygen atoms in total. The zero-order chi connectivity index (χ0) is 72.1. The summed E-state index contributed by atoms with van der Waals surface area (Å²) < 4.78 is 90.1. The SMILES string of the molecule is C=C(C)CCC[C@]1(C)OC(=O)C23CC=C4[C@@H](CCC5C(C)(C)[C@@H](O[C@@H]6OC[C@@H](O[C@@H]7OC(CO)[C@@H](O)C(O[C@@H]8OC(CO)[C@@H](O)C(OC)C8O)C7O)C(O)C6O[C@@H]6OC(C)[C@@H](O[C@@H]7OC(CO)[C@@H](O)C(O[C@@H]8OC(CO)[C@@H](O)C(OC)C8O)C7O)C(O)C6O)CC[C@]45C)[C@]2(C)CC(=O)[C@@H]31. The van der Waals surface area contributed by atoms with Gasteiger partial charge in [0.05, 0.1) is 56.6 Å². The van der Waals surface area contributed by atoms with Crippen molar-refractivity contribution in [1.29, 1.82) is 0 Å². The maximum Gasteiger partial charge on any atom is 0.314 e. The lowest BCUT2D eigenvalue weighted by atomic mass is 9.41. The number of methoxy groups -OCH3 is 2. The lowest BCUT2D eigenvalue weighted by Gasteiger charge is -2.63. The first-order valence-corrected chi connectivity index (χ1v) is 34.7. The van der Waals surface area contributed by atoms with E-state index in [1.165, 1.54) is 26.7 Å². The molecule has 3 saturated carbocycles. The van der Waals surface area contributed by atoms with Crippen LogP contribution in [-0.2, 0) is 80.6 Å². The molecule has 11 rings (SSSR count). The van der Waals surface area contributed by atoms with Crippen molar-refractivity contribution in [3.8, 4) is 0 Å². The maximum atomic E-state index is 14.6. The number of rotatable bonds is 22. The minimum absolute atomic E-state index is 0.0488. The molecule has 15 N–H and O–H groups in total. The van der Waals surface area contributed by atoms with Gasteiger partial charge in [0.15, 0.2) is 37.7 Å². The van der Waals surface area contributed by atoms with E-state index in [1.54, 1.807) is 0 Å². The van der Waals surface area contributed by atoms with Gasteiger partial charge in [0.1, 0.15) is 146 Å². The summed E-state index contributed by atoms with van der Waals surface area (Å²) in [6.07, 6.45) is -42.8. The van der Waals surface area contributed by atoms with Crippen LogP contribution in [0.25, 0.3) is 0 Å². The van der Waals surface area contributed by atoms with Gasteiger partial charge >= 0.3 is 5.97 Å². The van der Waals surface area contributed by atoms with Crippen LogP contribution in [0.1, 0.15) is 106 Å². The molecular weight excluding hydrogens is 1320 g/mol. The highest BCUT2D eigenvalue weighted by atomic mass is 16.8. The van der Waals surface area contributed by atoms with E-state index < -0.39 is 250 Å². The zero-order valence-electron chi connectivity index (χ0n) is 57.4. The summed E-state index contributed by atoms with van der Waals surface area (Å²) in [6, 6.07) is 0. The Labute approximate surface area is 573 Å². The van der Waals surface area contributed by atoms with Crippen molar-refractivity contribution < 1.29 is 157 Å². The summed E-state index contributed by atoms with van der Waals surface area (Å²) >= 11 is 0. The third-order valence-corrected chi connectivity index (χ3v) is 24.4. The standard InChI is InChI=1S/C67H106O32/c1-26(2)12-11-17-66(8)55-30(72)20-65(7)29-13-14-36-63(4,5)37(16-18-64(36,6)28(29)15-19-67(55,65)62(84)99-66)94-61-54(42(77)35(25-87-61)93-57-47(82)52(40(75)33(23-70)89-57)96-58-45(80)50(85-9)38(73)31(21-68)90-58)98-56-44(79)43(78)49(27(3)88-56)95-60-48(83)53(41(76)34(24-71)92-60)97-59-46(81)51(86-10)39(74)32(22-69)91-59/h15,27,29,31-61,68-71,73-83H,1,11-14,16-25H2,2-10H3/t27?,29-,31?,32?,33?,34?,35-,36?,37+,38-,39-,40-,41-,42?,43?,44?,45?,46?,47?,48?,49-,50?,51?,52?,53?,54?,55-,56+,57+,58+,59+,60+,61+,64-,65+,66+,67?/m1/s1. The van der Waals surface area contributed by atoms with Gasteiger partial charge in [-0.15, -0.1) is 6.58 Å². The van der Waals surface area contributed by atoms with E-state index in [-0.39, 0.29) is 30.0 Å². The van der Waals surface area contributed by atoms with Gasteiger partial charge in [-0.25, -0.2) is 0 Å². The molecule has 7 aliphatic heterocycles. The van der Waals surface area contributed by atoms with Crippen molar-refractivity contribution >= 4 is 11.8 Å². The van der Waals surface area contributed by atoms with Crippen LogP contribution in [0.2, 0.25) is 0 Å². The van der Waals surface area contributed by atoms with Crippen LogP contribution in [-0.4, -0.2) is 325 Å². The monoisotopic (exact) mass is 1420 g/mol. The molecule has 7 saturated heterocycles. The average Bonchev–Trinajstić information content (AvgIpc) is 1.51. The molecular formula is C67H106O32. The lowest BCUT2D eigenvalue weighted by Crippen LogP contribution is -2.67. The first-order chi connectivity index (χ1) is 46.7. The van der Waals surface area contributed by atoms with Gasteiger partial charge in [-0.1, -0.05) is 44.9 Å². The van der Waals surface area contributed by atoms with E-state index in [2.05, 4.69) is 40.3 Å². The first-order valence-electron chi connectivity index (χ1n) is 34.7. The molecule has 7 heterocycles. The number of fused-ring (bicyclic) bond motifs is 4. The number of esters is 1. The molecule has 19 unspecified atom stereocenters. The van der Waals surface area contributed by atoms with Gasteiger partial charge in [0.2, 0.25) is 0 Å². The number of allylic oxidation sites excluding steroid dienone is 3. The van der Waals surface area contributed by atoms with Gasteiger partial charge in [-0.2, -0.15) is 0 Å². The fraction of sp³-hybridized carbons (Fsp3) is 0.910. The molecule has 566 valence electrons. The van der Waals surface area contributed by atoms with Crippen LogP contribution < -0.4 is 0 Å². The molecule has 99 heavy (non-hydrogen) atoms. The fourth-order valence-corrected chi connectivity index (χ4v) is 19.0. The number of hydrogen-bond donors (Lipinski definition) is 15. The Morgan fingerprint density at radius 1 is 0.556 bits per heavy atom. The quantitative estimate of drug-likeness (QED) is 0.0280. The third-order valence-electron chi connectivity index (χ3n) is 24.4. The molecule has 0 bridgehead atoms. The predicted octanol–water partition coefficient (Wildman–Crippen LogP) is -3.91. The summed E-state index contributed by atoms with van der Waals surface area (Å²) in [6.45, 7) is 14.0. The van der Waals surface area contributed by atoms with Crippen molar-refractivity contribution in [2.24, 2.45) is 39.4 Å². The topological polar surface area (TPSA) is 476 Å². The van der Waals surface area contributed by atoms with Crippen LogP contribution in [0.3, 0.4) is 0 Å². The van der Waals surface area contributed by atoms with Crippen LogP contribution in [0.5, 0.6) is 0 Å². The average molecular weight is 1420 g/mol. The second-order valence-electron chi connectivity index (χ2n) is 30.6. The van der Waals surface area contributed by atoms with Crippen molar-refractivity contribution in [1.82, 2.24) is 0 Å². The molecule has 0 amide bonds. The Balaban J connectivity index is 0.837. The van der Waals surface area contributed by atoms with E-state index in [9.17, 15) is 86.2 Å². The molecule has 0 radical (unpaired) electrons. The maximum absolute atomic E-state index is 14.6. The van der Waals surface area contributed by atoms with Gasteiger partial charge in [-0.05, 0) is 100 Å². The number of ether oxygens (including phenoxy) is 15. The molecule has 4 aliphatic carbocycles. The van der Waals surface area contributed by atoms with Crippen molar-refractivity contribution in [3.05, 3.63) is 23.8 Å². The number of ketones is 1. The highest BCUT2D eigenvalue weighted by molar-refractivity contribution is 5.99. The smallest absolute Gasteiger partial charge is 0.314 e. The Hall–Kier alpha value is -2.54. The number of aliphatic hydroxyl groups is 15. The van der Waals surface area contributed by atoms with Crippen LogP contribution >= 0.6 is 0 Å². The second kappa shape index (κ2) is 30.0. The minimum atomic E-state index is -2.08. The van der Waals surface area contributed by atoms with E-state index in [0.29, 0.717) is 38.5 Å². The third kappa shape index (κ3) is 13.4. The summed E-state index contributed by atoms with van der Waals surface area (Å²) in [5.41, 5.74) is -1.63. The normalized spacial score (nSPS) is 52.1. The van der Waals surface area contributed by atoms with E-state index in [0.717, 1.165) is 18.4 Å². The van der Waals surface area contributed by atoms with Gasteiger partial charge in [-0.3, -0.25) is 9.59 Å². The summed E-state index contributed by atoms with van der Waals surface area (Å²) in [5, 5.41) is 167. The van der Waals surface area contributed by atoms with Crippen LogP contribution in [0.4, 0.5) is 0 Å². The highest BCUT2D eigenvalue weighted by Gasteiger charge is 2.79. The van der Waals surface area contributed by atoms with Crippen LogP contribution in [0, 0.1) is 39.4 Å². The Morgan fingerprint density at radius 3 is 1.54 bits per heavy atom. The van der Waals surface area contributed by atoms with E-state index >= 15 is 0 Å². The largest absolute Gasteiger partial charge is 0.458 e. The first kappa shape index (κ1) is 77.6. The number of carbonyl (C=O) groups excluding carboxylic acids is 2. The summed E-state index contributed by atoms with van der Waals surface area (Å²) in [5.74, 6) is -1.04. The van der Waals surface area contributed by atoms with E-state index in [1.807, 2.05) is 13.8 Å². The van der Waals surface area contributed by atoms with Gasteiger partial charge < -0.3 is 148 Å².